The highest BCUT2D eigenvalue weighted by molar-refractivity contribution is 7.16. The minimum Gasteiger partial charge on any atom is -0.0654 e. The molecular formula is C11H23P. The molecule has 0 atom stereocenters. The summed E-state index contributed by atoms with van der Waals surface area (Å²) in [4.78, 5) is 0. The number of rotatable bonds is 9. The minimum absolute atomic E-state index is 1.07. The predicted octanol–water partition coefficient (Wildman–Crippen LogP) is 4.93. The zero-order valence-corrected chi connectivity index (χ0v) is 9.41. The van der Waals surface area contributed by atoms with Gasteiger partial charge in [-0.2, -0.15) is 0 Å². The maximum Gasteiger partial charge on any atom is -0.0242 e. The number of hydrogen-bond acceptors (Lipinski definition) is 0. The Labute approximate surface area is 80.7 Å². The van der Waals surface area contributed by atoms with Gasteiger partial charge in [-0.25, -0.2) is 0 Å². The SMILES string of the molecule is CCCCCCCCCCC[P]. The molecule has 0 aliphatic heterocycles. The van der Waals surface area contributed by atoms with E-state index >= 15 is 0 Å². The maximum absolute atomic E-state index is 4.19. The molecule has 0 saturated carbocycles. The summed E-state index contributed by atoms with van der Waals surface area (Å²) in [6, 6.07) is 0. The first-order valence-electron chi connectivity index (χ1n) is 5.52. The summed E-state index contributed by atoms with van der Waals surface area (Å²) in [5, 5.41) is 0. The van der Waals surface area contributed by atoms with E-state index in [0.29, 0.717) is 0 Å². The fourth-order valence-electron chi connectivity index (χ4n) is 1.42. The Morgan fingerprint density at radius 3 is 1.50 bits per heavy atom. The molecule has 72 valence electrons. The van der Waals surface area contributed by atoms with Gasteiger partial charge in [-0.05, 0) is 21.8 Å². The van der Waals surface area contributed by atoms with Gasteiger partial charge in [0.25, 0.3) is 0 Å². The van der Waals surface area contributed by atoms with Crippen LogP contribution in [0.4, 0.5) is 0 Å². The number of unbranched alkanes of at least 4 members (excludes halogenated alkanes) is 8. The smallest absolute Gasteiger partial charge is 0.0242 e. The largest absolute Gasteiger partial charge is 0.0654 e. The van der Waals surface area contributed by atoms with Crippen LogP contribution in [-0.4, -0.2) is 6.16 Å². The first-order valence-corrected chi connectivity index (χ1v) is 6.16. The van der Waals surface area contributed by atoms with E-state index in [4.69, 9.17) is 0 Å². The third-order valence-electron chi connectivity index (χ3n) is 2.26. The normalized spacial score (nSPS) is 10.5. The summed E-state index contributed by atoms with van der Waals surface area (Å²) in [5.74, 6) is 0. The average Bonchev–Trinajstić information content (AvgIpc) is 2.10. The van der Waals surface area contributed by atoms with Crippen LogP contribution in [0.3, 0.4) is 0 Å². The monoisotopic (exact) mass is 186 g/mol. The maximum atomic E-state index is 4.19. The zero-order valence-electron chi connectivity index (χ0n) is 8.52. The molecule has 0 spiro atoms. The second kappa shape index (κ2) is 11.4. The van der Waals surface area contributed by atoms with Crippen molar-refractivity contribution in [2.24, 2.45) is 0 Å². The Bertz CT molecular complexity index is 61.4. The fraction of sp³-hybridized carbons (Fsp3) is 1.00. The molecule has 1 heteroatoms. The lowest BCUT2D eigenvalue weighted by Gasteiger charge is -1.99. The summed E-state index contributed by atoms with van der Waals surface area (Å²) in [7, 11) is 4.19. The molecular weight excluding hydrogens is 163 g/mol. The first-order chi connectivity index (χ1) is 5.91. The molecule has 0 saturated heterocycles. The second-order valence-electron chi connectivity index (χ2n) is 3.55. The van der Waals surface area contributed by atoms with Crippen molar-refractivity contribution in [2.45, 2.75) is 64.7 Å². The Morgan fingerprint density at radius 2 is 1.08 bits per heavy atom. The second-order valence-corrected chi connectivity index (χ2v) is 4.00. The lowest BCUT2D eigenvalue weighted by Crippen LogP contribution is -1.81. The van der Waals surface area contributed by atoms with Crippen LogP contribution in [0.5, 0.6) is 0 Å². The van der Waals surface area contributed by atoms with E-state index in [1.54, 1.807) is 0 Å². The van der Waals surface area contributed by atoms with Gasteiger partial charge in [0, 0.05) is 0 Å². The zero-order chi connectivity index (χ0) is 9.07. The van der Waals surface area contributed by atoms with Crippen LogP contribution in [0.15, 0.2) is 0 Å². The summed E-state index contributed by atoms with van der Waals surface area (Å²) in [6.07, 6.45) is 13.8. The van der Waals surface area contributed by atoms with Crippen LogP contribution in [-0.2, 0) is 0 Å². The first kappa shape index (κ1) is 12.4. The molecule has 0 heterocycles. The summed E-state index contributed by atoms with van der Waals surface area (Å²) < 4.78 is 0. The Balaban J connectivity index is 2.73. The average molecular weight is 186 g/mol. The van der Waals surface area contributed by atoms with Gasteiger partial charge in [-0.1, -0.05) is 58.3 Å². The Kier molecular flexibility index (Phi) is 11.8. The molecule has 0 aromatic rings. The summed E-state index contributed by atoms with van der Waals surface area (Å²) in [5.41, 5.74) is 0. The van der Waals surface area contributed by atoms with Crippen LogP contribution in [0.2, 0.25) is 0 Å². The Morgan fingerprint density at radius 1 is 0.667 bits per heavy atom. The van der Waals surface area contributed by atoms with Crippen molar-refractivity contribution in [1.29, 1.82) is 0 Å². The molecule has 0 nitrogen and oxygen atoms in total. The van der Waals surface area contributed by atoms with Crippen LogP contribution >= 0.6 is 9.24 Å². The van der Waals surface area contributed by atoms with Crippen molar-refractivity contribution < 1.29 is 0 Å². The van der Waals surface area contributed by atoms with E-state index in [1.165, 1.54) is 57.8 Å². The highest BCUT2D eigenvalue weighted by Crippen LogP contribution is 2.09. The van der Waals surface area contributed by atoms with Crippen molar-refractivity contribution in [3.63, 3.8) is 0 Å². The molecule has 0 aromatic carbocycles. The van der Waals surface area contributed by atoms with Crippen LogP contribution in [0.25, 0.3) is 0 Å². The minimum atomic E-state index is 1.07. The molecule has 0 unspecified atom stereocenters. The van der Waals surface area contributed by atoms with Crippen molar-refractivity contribution in [1.82, 2.24) is 0 Å². The van der Waals surface area contributed by atoms with Gasteiger partial charge in [0.1, 0.15) is 0 Å². The lowest BCUT2D eigenvalue weighted by molar-refractivity contribution is 0.573. The van der Waals surface area contributed by atoms with Crippen LogP contribution in [0.1, 0.15) is 64.7 Å². The number of hydrogen-bond donors (Lipinski definition) is 0. The van der Waals surface area contributed by atoms with Crippen LogP contribution < -0.4 is 0 Å². The van der Waals surface area contributed by atoms with E-state index < -0.39 is 0 Å². The van der Waals surface area contributed by atoms with E-state index in [1.807, 2.05) is 0 Å². The highest BCUT2D eigenvalue weighted by atomic mass is 31.0. The van der Waals surface area contributed by atoms with Crippen molar-refractivity contribution in [2.75, 3.05) is 6.16 Å². The van der Waals surface area contributed by atoms with Gasteiger partial charge in [-0.15, -0.1) is 0 Å². The van der Waals surface area contributed by atoms with E-state index in [9.17, 15) is 0 Å². The standard InChI is InChI=1S/C11H23P/c1-2-3-4-5-6-7-8-9-10-11-12/h2-11H2,1H3. The topological polar surface area (TPSA) is 0 Å². The van der Waals surface area contributed by atoms with E-state index in [-0.39, 0.29) is 0 Å². The summed E-state index contributed by atoms with van der Waals surface area (Å²) >= 11 is 0. The molecule has 0 bridgehead atoms. The summed E-state index contributed by atoms with van der Waals surface area (Å²) in [6.45, 7) is 2.27. The molecule has 0 aliphatic rings. The lowest BCUT2D eigenvalue weighted by atomic mass is 10.1. The fourth-order valence-corrected chi connectivity index (χ4v) is 1.65. The third-order valence-corrected chi connectivity index (χ3v) is 2.58. The van der Waals surface area contributed by atoms with E-state index in [0.717, 1.165) is 6.16 Å². The molecule has 0 aromatic heterocycles. The van der Waals surface area contributed by atoms with Gasteiger partial charge < -0.3 is 0 Å². The third kappa shape index (κ3) is 10.4. The molecule has 12 heavy (non-hydrogen) atoms. The molecule has 0 N–H and O–H groups in total. The van der Waals surface area contributed by atoms with Crippen LogP contribution in [0, 0.1) is 0 Å². The molecule has 0 fully saturated rings. The molecule has 0 rings (SSSR count). The van der Waals surface area contributed by atoms with Gasteiger partial charge in [-0.3, -0.25) is 0 Å². The van der Waals surface area contributed by atoms with Gasteiger partial charge in [0.05, 0.1) is 0 Å². The van der Waals surface area contributed by atoms with Crippen molar-refractivity contribution in [3.8, 4) is 0 Å². The highest BCUT2D eigenvalue weighted by Gasteiger charge is 1.90. The quantitative estimate of drug-likeness (QED) is 0.354. The van der Waals surface area contributed by atoms with E-state index in [2.05, 4.69) is 16.2 Å². The predicted molar refractivity (Wildman–Crippen MR) is 59.0 cm³/mol. The molecule has 0 amide bonds. The van der Waals surface area contributed by atoms with Gasteiger partial charge in [0.15, 0.2) is 0 Å². The van der Waals surface area contributed by atoms with Crippen molar-refractivity contribution in [3.05, 3.63) is 0 Å². The van der Waals surface area contributed by atoms with Gasteiger partial charge >= 0.3 is 0 Å². The van der Waals surface area contributed by atoms with Crippen molar-refractivity contribution >= 4 is 9.24 Å². The Hall–Kier alpha value is 0.430. The molecule has 0 aliphatic carbocycles. The molecule has 2 radical (unpaired) electrons. The van der Waals surface area contributed by atoms with Gasteiger partial charge in [0.2, 0.25) is 0 Å².